The van der Waals surface area contributed by atoms with Gasteiger partial charge < -0.3 is 0 Å². The summed E-state index contributed by atoms with van der Waals surface area (Å²) in [7, 11) is -2.85. The van der Waals surface area contributed by atoms with E-state index in [9.17, 15) is 8.42 Å². The minimum atomic E-state index is -2.85. The molecule has 2 heterocycles. The Balaban J connectivity index is 1.51. The largest absolute Gasteiger partial charge is 0.300 e. The SMILES string of the molecule is CS(=O)(=O)CCN1CCN(Cc2cc3ccccc3s2)CC1. The van der Waals surface area contributed by atoms with Crippen LogP contribution in [0.5, 0.6) is 0 Å². The number of nitrogens with zero attached hydrogens (tertiary/aromatic N) is 2. The summed E-state index contributed by atoms with van der Waals surface area (Å²) in [5.41, 5.74) is 0. The third kappa shape index (κ3) is 4.29. The molecule has 1 aliphatic heterocycles. The summed E-state index contributed by atoms with van der Waals surface area (Å²) in [6, 6.07) is 10.8. The second kappa shape index (κ2) is 6.66. The van der Waals surface area contributed by atoms with Crippen LogP contribution >= 0.6 is 11.3 Å². The number of rotatable bonds is 5. The Morgan fingerprint density at radius 2 is 1.77 bits per heavy atom. The second-order valence-corrected chi connectivity index (χ2v) is 9.43. The Labute approximate surface area is 136 Å². The molecule has 4 nitrogen and oxygen atoms in total. The van der Waals surface area contributed by atoms with Gasteiger partial charge >= 0.3 is 0 Å². The van der Waals surface area contributed by atoms with E-state index < -0.39 is 9.84 Å². The molecule has 6 heteroatoms. The highest BCUT2D eigenvalue weighted by Crippen LogP contribution is 2.26. The normalized spacial score (nSPS) is 18.0. The van der Waals surface area contributed by atoms with E-state index in [1.54, 1.807) is 0 Å². The van der Waals surface area contributed by atoms with E-state index in [1.807, 2.05) is 11.3 Å². The van der Waals surface area contributed by atoms with Crippen LogP contribution in [0.2, 0.25) is 0 Å². The molecular formula is C16H22N2O2S2. The average Bonchev–Trinajstić information content (AvgIpc) is 2.88. The zero-order chi connectivity index (χ0) is 15.6. The lowest BCUT2D eigenvalue weighted by Crippen LogP contribution is -2.47. The summed E-state index contributed by atoms with van der Waals surface area (Å²) in [5.74, 6) is 0.267. The highest BCUT2D eigenvalue weighted by molar-refractivity contribution is 7.90. The van der Waals surface area contributed by atoms with Crippen molar-refractivity contribution in [1.82, 2.24) is 9.80 Å². The second-order valence-electron chi connectivity index (χ2n) is 6.00. The predicted octanol–water partition coefficient (Wildman–Crippen LogP) is 2.06. The number of piperazine rings is 1. The van der Waals surface area contributed by atoms with Crippen LogP contribution < -0.4 is 0 Å². The monoisotopic (exact) mass is 338 g/mol. The number of sulfone groups is 1. The third-order valence-corrected chi connectivity index (χ3v) is 6.12. The Kier molecular flexibility index (Phi) is 4.82. The summed E-state index contributed by atoms with van der Waals surface area (Å²) in [6.45, 7) is 5.60. The number of benzene rings is 1. The van der Waals surface area contributed by atoms with E-state index in [1.165, 1.54) is 21.2 Å². The fourth-order valence-corrected chi connectivity index (χ4v) is 4.50. The first-order valence-electron chi connectivity index (χ1n) is 7.59. The Hall–Kier alpha value is -0.950. The van der Waals surface area contributed by atoms with Crippen molar-refractivity contribution in [1.29, 1.82) is 0 Å². The van der Waals surface area contributed by atoms with Crippen LogP contribution in [-0.4, -0.2) is 63.0 Å². The molecule has 22 heavy (non-hydrogen) atoms. The maximum absolute atomic E-state index is 11.2. The van der Waals surface area contributed by atoms with Gasteiger partial charge in [0.15, 0.2) is 0 Å². The fraction of sp³-hybridized carbons (Fsp3) is 0.500. The molecule has 0 atom stereocenters. The molecule has 0 amide bonds. The lowest BCUT2D eigenvalue weighted by molar-refractivity contribution is 0.133. The molecule has 1 saturated heterocycles. The quantitative estimate of drug-likeness (QED) is 0.837. The van der Waals surface area contributed by atoms with Gasteiger partial charge in [0.25, 0.3) is 0 Å². The van der Waals surface area contributed by atoms with Gasteiger partial charge in [0.2, 0.25) is 0 Å². The summed E-state index contributed by atoms with van der Waals surface area (Å²) in [5, 5.41) is 1.33. The zero-order valence-electron chi connectivity index (χ0n) is 12.9. The third-order valence-electron chi connectivity index (χ3n) is 4.10. The lowest BCUT2D eigenvalue weighted by atomic mass is 10.2. The fourth-order valence-electron chi connectivity index (χ4n) is 2.80. The first-order chi connectivity index (χ1) is 10.5. The molecule has 0 bridgehead atoms. The minimum Gasteiger partial charge on any atom is -0.300 e. The molecule has 120 valence electrons. The van der Waals surface area contributed by atoms with Gasteiger partial charge in [-0.3, -0.25) is 9.80 Å². The van der Waals surface area contributed by atoms with Crippen LogP contribution in [0.3, 0.4) is 0 Å². The molecule has 0 spiro atoms. The van der Waals surface area contributed by atoms with Gasteiger partial charge in [-0.05, 0) is 17.5 Å². The molecule has 0 radical (unpaired) electrons. The summed E-state index contributed by atoms with van der Waals surface area (Å²) < 4.78 is 23.8. The predicted molar refractivity (Wildman–Crippen MR) is 93.3 cm³/mol. The van der Waals surface area contributed by atoms with E-state index in [0.717, 1.165) is 32.7 Å². The van der Waals surface area contributed by atoms with Crippen molar-refractivity contribution in [2.45, 2.75) is 6.54 Å². The van der Waals surface area contributed by atoms with Crippen LogP contribution in [0.15, 0.2) is 30.3 Å². The van der Waals surface area contributed by atoms with Crippen molar-refractivity contribution in [3.63, 3.8) is 0 Å². The van der Waals surface area contributed by atoms with E-state index >= 15 is 0 Å². The zero-order valence-corrected chi connectivity index (χ0v) is 14.5. The molecule has 0 aliphatic carbocycles. The van der Waals surface area contributed by atoms with E-state index in [0.29, 0.717) is 6.54 Å². The Morgan fingerprint density at radius 3 is 2.45 bits per heavy atom. The van der Waals surface area contributed by atoms with Crippen LogP contribution in [0, 0.1) is 0 Å². The molecule has 1 aromatic heterocycles. The van der Waals surface area contributed by atoms with Crippen LogP contribution in [-0.2, 0) is 16.4 Å². The molecule has 3 rings (SSSR count). The Morgan fingerprint density at radius 1 is 1.09 bits per heavy atom. The number of hydrogen-bond donors (Lipinski definition) is 0. The summed E-state index contributed by atoms with van der Waals surface area (Å²) in [4.78, 5) is 6.12. The maximum atomic E-state index is 11.2. The van der Waals surface area contributed by atoms with Crippen molar-refractivity contribution < 1.29 is 8.42 Å². The Bertz CT molecular complexity index is 698. The van der Waals surface area contributed by atoms with Crippen molar-refractivity contribution >= 4 is 31.3 Å². The van der Waals surface area contributed by atoms with E-state index in [4.69, 9.17) is 0 Å². The van der Waals surface area contributed by atoms with Crippen LogP contribution in [0.4, 0.5) is 0 Å². The summed E-state index contributed by atoms with van der Waals surface area (Å²) >= 11 is 1.87. The van der Waals surface area contributed by atoms with Crippen LogP contribution in [0.25, 0.3) is 10.1 Å². The first-order valence-corrected chi connectivity index (χ1v) is 10.5. The molecule has 1 fully saturated rings. The number of hydrogen-bond acceptors (Lipinski definition) is 5. The van der Waals surface area contributed by atoms with Crippen LogP contribution in [0.1, 0.15) is 4.88 Å². The highest BCUT2D eigenvalue weighted by Gasteiger charge is 2.18. The highest BCUT2D eigenvalue weighted by atomic mass is 32.2. The standard InChI is InChI=1S/C16H22N2O2S2/c1-22(19,20)11-10-17-6-8-18(9-7-17)13-15-12-14-4-2-3-5-16(14)21-15/h2-5,12H,6-11,13H2,1H3. The molecule has 1 aliphatic rings. The number of thiophene rings is 1. The number of fused-ring (bicyclic) bond motifs is 1. The molecule has 0 saturated carbocycles. The molecule has 0 unspecified atom stereocenters. The van der Waals surface area contributed by atoms with Crippen molar-refractivity contribution in [2.24, 2.45) is 0 Å². The molecule has 1 aromatic carbocycles. The maximum Gasteiger partial charge on any atom is 0.148 e. The van der Waals surface area contributed by atoms with Gasteiger partial charge in [-0.15, -0.1) is 11.3 Å². The van der Waals surface area contributed by atoms with Gasteiger partial charge in [-0.2, -0.15) is 0 Å². The van der Waals surface area contributed by atoms with Gasteiger partial charge in [-0.1, -0.05) is 18.2 Å². The topological polar surface area (TPSA) is 40.6 Å². The molecule has 0 N–H and O–H groups in total. The van der Waals surface area contributed by atoms with Gasteiger partial charge in [-0.25, -0.2) is 8.42 Å². The summed E-state index contributed by atoms with van der Waals surface area (Å²) in [6.07, 6.45) is 1.31. The van der Waals surface area contributed by atoms with E-state index in [-0.39, 0.29) is 5.75 Å². The van der Waals surface area contributed by atoms with Crippen molar-refractivity contribution in [3.05, 3.63) is 35.2 Å². The van der Waals surface area contributed by atoms with Gasteiger partial charge in [0.1, 0.15) is 9.84 Å². The van der Waals surface area contributed by atoms with E-state index in [2.05, 4.69) is 40.1 Å². The van der Waals surface area contributed by atoms with Crippen molar-refractivity contribution in [3.8, 4) is 0 Å². The van der Waals surface area contributed by atoms with Crippen molar-refractivity contribution in [2.75, 3.05) is 44.7 Å². The molecular weight excluding hydrogens is 316 g/mol. The molecule has 2 aromatic rings. The van der Waals surface area contributed by atoms with Gasteiger partial charge in [0, 0.05) is 55.1 Å². The van der Waals surface area contributed by atoms with Gasteiger partial charge in [0.05, 0.1) is 5.75 Å². The average molecular weight is 338 g/mol. The minimum absolute atomic E-state index is 0.267. The lowest BCUT2D eigenvalue weighted by Gasteiger charge is -2.34. The first kappa shape index (κ1) is 15.9. The smallest absolute Gasteiger partial charge is 0.148 e.